The van der Waals surface area contributed by atoms with E-state index in [1.54, 1.807) is 0 Å². The highest BCUT2D eigenvalue weighted by molar-refractivity contribution is 5.33. The fourth-order valence-electron chi connectivity index (χ4n) is 1.31. The average molecular weight is 222 g/mol. The molecule has 0 amide bonds. The molecule has 0 aliphatic heterocycles. The van der Waals surface area contributed by atoms with E-state index in [4.69, 9.17) is 5.11 Å². The molecule has 1 aromatic carbocycles. The Morgan fingerprint density at radius 3 is 2.33 bits per heavy atom. The van der Waals surface area contributed by atoms with Gasteiger partial charge in [-0.25, -0.2) is 4.39 Å². The highest BCUT2D eigenvalue weighted by Crippen LogP contribution is 2.31. The zero-order valence-corrected chi connectivity index (χ0v) is 7.98. The summed E-state index contributed by atoms with van der Waals surface area (Å²) in [6.07, 6.45) is -5.77. The molecule has 0 saturated carbocycles. The average Bonchev–Trinajstić information content (AvgIpc) is 2.15. The summed E-state index contributed by atoms with van der Waals surface area (Å²) in [5.74, 6) is 0. The van der Waals surface area contributed by atoms with E-state index in [-0.39, 0.29) is 11.1 Å². The number of alkyl halides is 4. The lowest BCUT2D eigenvalue weighted by Crippen LogP contribution is -2.08. The lowest BCUT2D eigenvalue weighted by atomic mass is 10.0. The van der Waals surface area contributed by atoms with Gasteiger partial charge in [-0.1, -0.05) is 6.07 Å². The topological polar surface area (TPSA) is 20.2 Å². The second-order valence-electron chi connectivity index (χ2n) is 3.24. The minimum Gasteiger partial charge on any atom is -0.386 e. The van der Waals surface area contributed by atoms with Gasteiger partial charge >= 0.3 is 6.18 Å². The maximum Gasteiger partial charge on any atom is 0.416 e. The lowest BCUT2D eigenvalue weighted by Gasteiger charge is -2.13. The van der Waals surface area contributed by atoms with Crippen molar-refractivity contribution in [2.75, 3.05) is 6.67 Å². The Bertz CT molecular complexity index is 346. The van der Waals surface area contributed by atoms with Crippen molar-refractivity contribution < 1.29 is 22.7 Å². The minimum absolute atomic E-state index is 0.186. The van der Waals surface area contributed by atoms with Gasteiger partial charge in [-0.15, -0.1) is 0 Å². The van der Waals surface area contributed by atoms with E-state index in [1.165, 1.54) is 6.92 Å². The molecule has 0 fully saturated rings. The Morgan fingerprint density at radius 1 is 1.33 bits per heavy atom. The predicted molar refractivity (Wildman–Crippen MR) is 47.1 cm³/mol. The first-order valence-corrected chi connectivity index (χ1v) is 4.28. The van der Waals surface area contributed by atoms with Crippen molar-refractivity contribution in [2.24, 2.45) is 0 Å². The molecular weight excluding hydrogens is 212 g/mol. The minimum atomic E-state index is -4.41. The van der Waals surface area contributed by atoms with Gasteiger partial charge in [-0.2, -0.15) is 13.2 Å². The van der Waals surface area contributed by atoms with E-state index in [0.29, 0.717) is 0 Å². The van der Waals surface area contributed by atoms with Crippen LogP contribution in [0.2, 0.25) is 0 Å². The molecule has 0 aromatic heterocycles. The summed E-state index contributed by atoms with van der Waals surface area (Å²) in [4.78, 5) is 0. The van der Waals surface area contributed by atoms with Crippen molar-refractivity contribution in [2.45, 2.75) is 19.2 Å². The fourth-order valence-corrected chi connectivity index (χ4v) is 1.31. The monoisotopic (exact) mass is 222 g/mol. The van der Waals surface area contributed by atoms with E-state index in [0.717, 1.165) is 18.2 Å². The van der Waals surface area contributed by atoms with Gasteiger partial charge in [0, 0.05) is 0 Å². The number of rotatable bonds is 2. The summed E-state index contributed by atoms with van der Waals surface area (Å²) in [6, 6.07) is 2.83. The molecule has 0 aliphatic rings. The van der Waals surface area contributed by atoms with Crippen molar-refractivity contribution in [1.29, 1.82) is 0 Å². The molecule has 1 aromatic rings. The van der Waals surface area contributed by atoms with E-state index in [1.807, 2.05) is 0 Å². The first-order chi connectivity index (χ1) is 6.86. The number of hydrogen-bond donors (Lipinski definition) is 1. The van der Waals surface area contributed by atoms with Gasteiger partial charge in [0.2, 0.25) is 0 Å². The van der Waals surface area contributed by atoms with Crippen molar-refractivity contribution in [3.63, 3.8) is 0 Å². The van der Waals surface area contributed by atoms with Crippen LogP contribution in [0.3, 0.4) is 0 Å². The number of aliphatic hydroxyl groups is 1. The molecule has 0 radical (unpaired) electrons. The van der Waals surface area contributed by atoms with Crippen LogP contribution in [0.4, 0.5) is 17.6 Å². The van der Waals surface area contributed by atoms with E-state index in [9.17, 15) is 17.6 Å². The molecule has 5 heteroatoms. The molecule has 0 spiro atoms. The standard InChI is InChI=1S/C10H10F4O/c1-6-4-7(10(12,13)14)2-3-8(6)9(15)5-11/h2-4,9,15H,5H2,1H3. The van der Waals surface area contributed by atoms with Crippen LogP contribution in [0.15, 0.2) is 18.2 Å². The Balaban J connectivity index is 3.09. The van der Waals surface area contributed by atoms with Gasteiger partial charge in [0.25, 0.3) is 0 Å². The summed E-state index contributed by atoms with van der Waals surface area (Å²) in [6.45, 7) is 0.398. The third-order valence-corrected chi connectivity index (χ3v) is 2.10. The molecule has 1 atom stereocenters. The Labute approximate surface area is 84.3 Å². The zero-order valence-electron chi connectivity index (χ0n) is 7.98. The van der Waals surface area contributed by atoms with Crippen LogP contribution in [0.1, 0.15) is 22.8 Å². The summed E-state index contributed by atoms with van der Waals surface area (Å²) in [7, 11) is 0. The normalized spacial score (nSPS) is 14.0. The molecule has 1 N–H and O–H groups in total. The molecule has 0 aliphatic carbocycles. The van der Waals surface area contributed by atoms with E-state index in [2.05, 4.69) is 0 Å². The third kappa shape index (κ3) is 2.68. The first kappa shape index (κ1) is 12.0. The smallest absolute Gasteiger partial charge is 0.386 e. The fraction of sp³-hybridized carbons (Fsp3) is 0.400. The van der Waals surface area contributed by atoms with Gasteiger partial charge in [0.15, 0.2) is 0 Å². The summed E-state index contributed by atoms with van der Waals surface area (Å²) < 4.78 is 48.9. The van der Waals surface area contributed by atoms with Crippen molar-refractivity contribution >= 4 is 0 Å². The molecule has 0 heterocycles. The Kier molecular flexibility index (Phi) is 3.34. The molecule has 0 bridgehead atoms. The summed E-state index contributed by atoms with van der Waals surface area (Å²) in [5, 5.41) is 9.15. The van der Waals surface area contributed by atoms with Crippen LogP contribution in [0, 0.1) is 6.92 Å². The largest absolute Gasteiger partial charge is 0.416 e. The van der Waals surface area contributed by atoms with Crippen molar-refractivity contribution in [1.82, 2.24) is 0 Å². The number of aliphatic hydroxyl groups excluding tert-OH is 1. The van der Waals surface area contributed by atoms with E-state index >= 15 is 0 Å². The van der Waals surface area contributed by atoms with Gasteiger partial charge in [0.05, 0.1) is 5.56 Å². The van der Waals surface area contributed by atoms with Gasteiger partial charge in [0.1, 0.15) is 12.8 Å². The maximum atomic E-state index is 12.2. The highest BCUT2D eigenvalue weighted by Gasteiger charge is 2.30. The highest BCUT2D eigenvalue weighted by atomic mass is 19.4. The second kappa shape index (κ2) is 4.18. The lowest BCUT2D eigenvalue weighted by molar-refractivity contribution is -0.137. The second-order valence-corrected chi connectivity index (χ2v) is 3.24. The summed E-state index contributed by atoms with van der Waals surface area (Å²) in [5.41, 5.74) is -0.379. The van der Waals surface area contributed by atoms with Crippen LogP contribution in [-0.4, -0.2) is 11.8 Å². The maximum absolute atomic E-state index is 12.2. The zero-order chi connectivity index (χ0) is 11.6. The van der Waals surface area contributed by atoms with Crippen LogP contribution in [0.25, 0.3) is 0 Å². The molecular formula is C10H10F4O. The number of benzene rings is 1. The number of hydrogen-bond acceptors (Lipinski definition) is 1. The van der Waals surface area contributed by atoms with Gasteiger partial charge in [-0.3, -0.25) is 0 Å². The molecule has 1 rings (SSSR count). The Morgan fingerprint density at radius 2 is 1.93 bits per heavy atom. The molecule has 0 saturated heterocycles. The summed E-state index contributed by atoms with van der Waals surface area (Å²) >= 11 is 0. The van der Waals surface area contributed by atoms with Crippen LogP contribution >= 0.6 is 0 Å². The van der Waals surface area contributed by atoms with Gasteiger partial charge < -0.3 is 5.11 Å². The number of halogens is 4. The first-order valence-electron chi connectivity index (χ1n) is 4.28. The van der Waals surface area contributed by atoms with Crippen LogP contribution in [0.5, 0.6) is 0 Å². The van der Waals surface area contributed by atoms with Crippen LogP contribution < -0.4 is 0 Å². The number of aryl methyl sites for hydroxylation is 1. The van der Waals surface area contributed by atoms with Crippen molar-refractivity contribution in [3.8, 4) is 0 Å². The molecule has 1 nitrogen and oxygen atoms in total. The van der Waals surface area contributed by atoms with E-state index < -0.39 is 24.5 Å². The quantitative estimate of drug-likeness (QED) is 0.762. The van der Waals surface area contributed by atoms with Crippen molar-refractivity contribution in [3.05, 3.63) is 34.9 Å². The Hall–Kier alpha value is -1.10. The predicted octanol–water partition coefficient (Wildman–Crippen LogP) is 3.02. The third-order valence-electron chi connectivity index (χ3n) is 2.10. The molecule has 15 heavy (non-hydrogen) atoms. The van der Waals surface area contributed by atoms with Crippen LogP contribution in [-0.2, 0) is 6.18 Å². The molecule has 1 unspecified atom stereocenters. The molecule has 84 valence electrons. The SMILES string of the molecule is Cc1cc(C(F)(F)F)ccc1C(O)CF. The van der Waals surface area contributed by atoms with Gasteiger partial charge in [-0.05, 0) is 30.2 Å².